The van der Waals surface area contributed by atoms with E-state index in [9.17, 15) is 4.79 Å². The van der Waals surface area contributed by atoms with Gasteiger partial charge >= 0.3 is 0 Å². The molecule has 0 aliphatic carbocycles. The van der Waals surface area contributed by atoms with Crippen molar-refractivity contribution in [1.82, 2.24) is 15.1 Å². The van der Waals surface area contributed by atoms with Crippen LogP contribution in [0.5, 0.6) is 0 Å². The van der Waals surface area contributed by atoms with E-state index in [0.717, 1.165) is 0 Å². The highest BCUT2D eigenvalue weighted by Crippen LogP contribution is 1.95. The Morgan fingerprint density at radius 2 is 2.57 bits per heavy atom. The van der Waals surface area contributed by atoms with Gasteiger partial charge in [-0.05, 0) is 13.0 Å². The fraction of sp³-hybridized carbons (Fsp3) is 0.444. The van der Waals surface area contributed by atoms with Gasteiger partial charge < -0.3 is 5.32 Å². The monoisotopic (exact) mass is 192 g/mol. The van der Waals surface area contributed by atoms with Crippen LogP contribution in [0.4, 0.5) is 0 Å². The number of aromatic nitrogens is 2. The predicted octanol–water partition coefficient (Wildman–Crippen LogP) is 0.310. The minimum Gasteiger partial charge on any atom is -0.349 e. The van der Waals surface area contributed by atoms with E-state index in [-0.39, 0.29) is 11.8 Å². The Balaban J connectivity index is 2.48. The van der Waals surface area contributed by atoms with Gasteiger partial charge in [-0.2, -0.15) is 10.4 Å². The third-order valence-corrected chi connectivity index (χ3v) is 1.74. The van der Waals surface area contributed by atoms with E-state index in [1.54, 1.807) is 30.9 Å². The van der Waals surface area contributed by atoms with Crippen LogP contribution in [0, 0.1) is 17.2 Å². The number of rotatable bonds is 3. The quantitative estimate of drug-likeness (QED) is 0.749. The topological polar surface area (TPSA) is 70.7 Å². The maximum atomic E-state index is 11.4. The molecule has 5 heteroatoms. The number of carbonyl (C=O) groups excluding carboxylic acids is 1. The van der Waals surface area contributed by atoms with Crippen molar-refractivity contribution in [2.75, 3.05) is 6.54 Å². The van der Waals surface area contributed by atoms with E-state index in [2.05, 4.69) is 10.4 Å². The molecule has 5 nitrogen and oxygen atoms in total. The largest absolute Gasteiger partial charge is 0.349 e. The lowest BCUT2D eigenvalue weighted by Gasteiger charge is -2.03. The van der Waals surface area contributed by atoms with Crippen molar-refractivity contribution in [2.24, 2.45) is 13.0 Å². The average Bonchev–Trinajstić information content (AvgIpc) is 2.60. The highest BCUT2D eigenvalue weighted by molar-refractivity contribution is 5.92. The average molecular weight is 192 g/mol. The van der Waals surface area contributed by atoms with Crippen molar-refractivity contribution in [3.05, 3.63) is 18.0 Å². The van der Waals surface area contributed by atoms with E-state index < -0.39 is 0 Å². The molecule has 0 bridgehead atoms. The third kappa shape index (κ3) is 2.59. The minimum absolute atomic E-state index is 0.178. The van der Waals surface area contributed by atoms with E-state index in [1.807, 2.05) is 6.07 Å². The van der Waals surface area contributed by atoms with Gasteiger partial charge in [0.2, 0.25) is 0 Å². The summed E-state index contributed by atoms with van der Waals surface area (Å²) in [6, 6.07) is 3.67. The molecule has 0 fully saturated rings. The number of hydrogen-bond acceptors (Lipinski definition) is 3. The van der Waals surface area contributed by atoms with Crippen molar-refractivity contribution < 1.29 is 4.79 Å². The molecule has 1 aromatic heterocycles. The Kier molecular flexibility index (Phi) is 3.24. The van der Waals surface area contributed by atoms with Crippen LogP contribution in [0.15, 0.2) is 12.3 Å². The summed E-state index contributed by atoms with van der Waals surface area (Å²) in [5.41, 5.74) is 0.373. The van der Waals surface area contributed by atoms with Gasteiger partial charge in [-0.1, -0.05) is 0 Å². The molecular formula is C9H12N4O. The van der Waals surface area contributed by atoms with Crippen molar-refractivity contribution in [2.45, 2.75) is 6.92 Å². The van der Waals surface area contributed by atoms with Crippen molar-refractivity contribution in [3.8, 4) is 6.07 Å². The maximum absolute atomic E-state index is 11.4. The van der Waals surface area contributed by atoms with Gasteiger partial charge in [0, 0.05) is 19.8 Å². The first-order chi connectivity index (χ1) is 6.63. The Hall–Kier alpha value is -1.83. The Labute approximate surface area is 82.3 Å². The fourth-order valence-electron chi connectivity index (χ4n) is 0.918. The number of carbonyl (C=O) groups is 1. The number of nitriles is 1. The van der Waals surface area contributed by atoms with Gasteiger partial charge in [0.1, 0.15) is 5.69 Å². The third-order valence-electron chi connectivity index (χ3n) is 1.74. The van der Waals surface area contributed by atoms with E-state index in [1.165, 1.54) is 0 Å². The Bertz CT molecular complexity index is 363. The smallest absolute Gasteiger partial charge is 0.271 e. The molecule has 0 aliphatic heterocycles. The van der Waals surface area contributed by atoms with Gasteiger partial charge in [-0.15, -0.1) is 0 Å². The summed E-state index contributed by atoms with van der Waals surface area (Å²) in [5, 5.41) is 15.1. The Morgan fingerprint density at radius 1 is 1.86 bits per heavy atom. The molecule has 1 atom stereocenters. The minimum atomic E-state index is -0.243. The summed E-state index contributed by atoms with van der Waals surface area (Å²) in [7, 11) is 1.74. The molecule has 0 spiro atoms. The standard InChI is InChI=1S/C9H12N4O/c1-7(5-10)6-11-9(14)8-3-4-13(2)12-8/h3-4,7H,6H2,1-2H3,(H,11,14). The van der Waals surface area contributed by atoms with Crippen LogP contribution >= 0.6 is 0 Å². The molecule has 0 aliphatic rings. The number of nitrogens with one attached hydrogen (secondary N) is 1. The molecule has 1 amide bonds. The van der Waals surface area contributed by atoms with Crippen molar-refractivity contribution >= 4 is 5.91 Å². The molecule has 0 saturated heterocycles. The zero-order chi connectivity index (χ0) is 10.6. The zero-order valence-electron chi connectivity index (χ0n) is 8.19. The van der Waals surface area contributed by atoms with Gasteiger partial charge in [0.15, 0.2) is 0 Å². The second-order valence-corrected chi connectivity index (χ2v) is 3.11. The molecule has 1 N–H and O–H groups in total. The van der Waals surface area contributed by atoms with Crippen LogP contribution in [0.1, 0.15) is 17.4 Å². The second-order valence-electron chi connectivity index (χ2n) is 3.11. The summed E-state index contributed by atoms with van der Waals surface area (Å²) >= 11 is 0. The lowest BCUT2D eigenvalue weighted by Crippen LogP contribution is -2.28. The zero-order valence-corrected chi connectivity index (χ0v) is 8.19. The van der Waals surface area contributed by atoms with Crippen LogP contribution in [0.2, 0.25) is 0 Å². The van der Waals surface area contributed by atoms with Crippen molar-refractivity contribution in [1.29, 1.82) is 5.26 Å². The molecular weight excluding hydrogens is 180 g/mol. The summed E-state index contributed by atoms with van der Waals surface area (Å²) < 4.78 is 1.56. The lowest BCUT2D eigenvalue weighted by atomic mass is 10.2. The molecule has 1 aromatic rings. The molecule has 0 radical (unpaired) electrons. The van der Waals surface area contributed by atoms with Crippen molar-refractivity contribution in [3.63, 3.8) is 0 Å². The molecule has 1 rings (SSSR count). The molecule has 1 heterocycles. The number of amides is 1. The second kappa shape index (κ2) is 4.42. The summed E-state index contributed by atoms with van der Waals surface area (Å²) in [5.74, 6) is -0.421. The summed E-state index contributed by atoms with van der Waals surface area (Å²) in [4.78, 5) is 11.4. The van der Waals surface area contributed by atoms with Crippen LogP contribution in [0.25, 0.3) is 0 Å². The summed E-state index contributed by atoms with van der Waals surface area (Å²) in [6.45, 7) is 2.10. The van der Waals surface area contributed by atoms with Crippen LogP contribution in [-0.4, -0.2) is 22.2 Å². The molecule has 0 aromatic carbocycles. The predicted molar refractivity (Wildman–Crippen MR) is 50.3 cm³/mol. The van der Waals surface area contributed by atoms with Gasteiger partial charge in [0.25, 0.3) is 5.91 Å². The summed E-state index contributed by atoms with van der Waals surface area (Å²) in [6.07, 6.45) is 1.70. The number of aryl methyl sites for hydroxylation is 1. The van der Waals surface area contributed by atoms with Crippen LogP contribution < -0.4 is 5.32 Å². The number of nitrogens with zero attached hydrogens (tertiary/aromatic N) is 3. The molecule has 74 valence electrons. The lowest BCUT2D eigenvalue weighted by molar-refractivity contribution is 0.0945. The first kappa shape index (κ1) is 10.3. The van der Waals surface area contributed by atoms with E-state index in [4.69, 9.17) is 5.26 Å². The SMILES string of the molecule is CC(C#N)CNC(=O)c1ccn(C)n1. The highest BCUT2D eigenvalue weighted by Gasteiger charge is 2.09. The van der Waals surface area contributed by atoms with Crippen LogP contribution in [0.3, 0.4) is 0 Å². The number of hydrogen-bond donors (Lipinski definition) is 1. The molecule has 1 unspecified atom stereocenters. The normalized spacial score (nSPS) is 11.8. The fourth-order valence-corrected chi connectivity index (χ4v) is 0.918. The highest BCUT2D eigenvalue weighted by atomic mass is 16.1. The van der Waals surface area contributed by atoms with Gasteiger partial charge in [-0.25, -0.2) is 0 Å². The Morgan fingerprint density at radius 3 is 3.07 bits per heavy atom. The van der Waals surface area contributed by atoms with Crippen LogP contribution in [-0.2, 0) is 7.05 Å². The molecule has 0 saturated carbocycles. The van der Waals surface area contributed by atoms with Gasteiger partial charge in [-0.3, -0.25) is 9.48 Å². The van der Waals surface area contributed by atoms with Gasteiger partial charge in [0.05, 0.1) is 12.0 Å². The van der Waals surface area contributed by atoms with E-state index >= 15 is 0 Å². The first-order valence-corrected chi connectivity index (χ1v) is 4.31. The maximum Gasteiger partial charge on any atom is 0.271 e. The first-order valence-electron chi connectivity index (χ1n) is 4.31. The molecule has 14 heavy (non-hydrogen) atoms. The van der Waals surface area contributed by atoms with E-state index in [0.29, 0.717) is 12.2 Å².